The smallest absolute Gasteiger partial charge is 0.136 e. The lowest BCUT2D eigenvalue weighted by Gasteiger charge is -2.03. The van der Waals surface area contributed by atoms with Gasteiger partial charge in [0.1, 0.15) is 22.5 Å². The van der Waals surface area contributed by atoms with Crippen LogP contribution in [0.3, 0.4) is 0 Å². The van der Waals surface area contributed by atoms with Crippen molar-refractivity contribution in [3.63, 3.8) is 0 Å². The predicted octanol–water partition coefficient (Wildman–Crippen LogP) is 6.39. The number of fused-ring (bicyclic) bond motifs is 1. The van der Waals surface area contributed by atoms with Crippen molar-refractivity contribution in [1.82, 2.24) is 4.98 Å². The summed E-state index contributed by atoms with van der Waals surface area (Å²) in [5.41, 5.74) is 3.40. The maximum Gasteiger partial charge on any atom is 0.136 e. The summed E-state index contributed by atoms with van der Waals surface area (Å²) in [5.74, 6) is -0.287. The van der Waals surface area contributed by atoms with E-state index in [2.05, 4.69) is 40.6 Å². The van der Waals surface area contributed by atoms with E-state index >= 15 is 0 Å². The lowest BCUT2D eigenvalue weighted by atomic mass is 10.1. The van der Waals surface area contributed by atoms with Gasteiger partial charge in [0.15, 0.2) is 0 Å². The molecule has 0 spiro atoms. The largest absolute Gasteiger partial charge is 0.360 e. The molecule has 5 heteroatoms. The van der Waals surface area contributed by atoms with E-state index in [1.165, 1.54) is 22.8 Å². The highest BCUT2D eigenvalue weighted by Crippen LogP contribution is 2.28. The number of benzene rings is 3. The van der Waals surface area contributed by atoms with Gasteiger partial charge in [0.2, 0.25) is 0 Å². The molecule has 0 unspecified atom stereocenters. The van der Waals surface area contributed by atoms with E-state index in [0.29, 0.717) is 21.8 Å². The summed E-state index contributed by atoms with van der Waals surface area (Å²) in [7, 11) is 0. The van der Waals surface area contributed by atoms with E-state index in [-0.39, 0.29) is 5.82 Å². The monoisotopic (exact) mass is 385 g/mol. The van der Waals surface area contributed by atoms with Crippen LogP contribution in [0.5, 0.6) is 0 Å². The molecule has 0 saturated heterocycles. The van der Waals surface area contributed by atoms with Gasteiger partial charge in [0.25, 0.3) is 0 Å². The summed E-state index contributed by atoms with van der Waals surface area (Å²) in [4.78, 5) is 4.62. The van der Waals surface area contributed by atoms with Crippen molar-refractivity contribution in [2.75, 3.05) is 5.32 Å². The number of nitrogens with zero attached hydrogens (tertiary/aromatic N) is 2. The van der Waals surface area contributed by atoms with E-state index < -0.39 is 0 Å². The highest BCUT2D eigenvalue weighted by atomic mass is 32.1. The number of rotatable bonds is 4. The zero-order valence-corrected chi connectivity index (χ0v) is 15.9. The first kappa shape index (κ1) is 17.9. The quantitative estimate of drug-likeness (QED) is 0.414. The van der Waals surface area contributed by atoms with Gasteiger partial charge >= 0.3 is 0 Å². The number of nitriles is 1. The van der Waals surface area contributed by atoms with Crippen molar-refractivity contribution in [2.24, 2.45) is 0 Å². The molecule has 3 aromatic carbocycles. The fourth-order valence-corrected chi connectivity index (χ4v) is 3.65. The van der Waals surface area contributed by atoms with Gasteiger partial charge in [0.05, 0.1) is 5.69 Å². The number of hydrogen-bond acceptors (Lipinski definition) is 4. The molecule has 0 fully saturated rings. The zero-order valence-electron chi connectivity index (χ0n) is 15.1. The Kier molecular flexibility index (Phi) is 4.88. The van der Waals surface area contributed by atoms with Gasteiger partial charge in [-0.25, -0.2) is 9.37 Å². The van der Waals surface area contributed by atoms with Crippen molar-refractivity contribution in [3.05, 3.63) is 88.6 Å². The number of hydrogen-bond donors (Lipinski definition) is 1. The summed E-state index contributed by atoms with van der Waals surface area (Å²) < 4.78 is 13.7. The zero-order chi connectivity index (χ0) is 19.5. The minimum absolute atomic E-state index is 0.287. The Morgan fingerprint density at radius 3 is 2.71 bits per heavy atom. The Balaban J connectivity index is 1.60. The third-order valence-corrected chi connectivity index (χ3v) is 5.33. The summed E-state index contributed by atoms with van der Waals surface area (Å²) in [6.45, 7) is 1.71. The Morgan fingerprint density at radius 2 is 1.93 bits per heavy atom. The molecule has 0 aliphatic rings. The molecule has 0 saturated carbocycles. The van der Waals surface area contributed by atoms with Crippen LogP contribution >= 0.6 is 11.3 Å². The first-order chi connectivity index (χ1) is 13.6. The van der Waals surface area contributed by atoms with Crippen LogP contribution in [0, 0.1) is 24.1 Å². The third kappa shape index (κ3) is 3.64. The van der Waals surface area contributed by atoms with Crippen LogP contribution < -0.4 is 5.32 Å². The van der Waals surface area contributed by atoms with Gasteiger partial charge in [-0.15, -0.1) is 11.3 Å². The summed E-state index contributed by atoms with van der Waals surface area (Å²) in [6.07, 6.45) is 1.56. The van der Waals surface area contributed by atoms with E-state index in [1.54, 1.807) is 25.3 Å². The molecule has 1 heterocycles. The molecule has 136 valence electrons. The normalized spacial score (nSPS) is 11.4. The van der Waals surface area contributed by atoms with Crippen LogP contribution in [0.1, 0.15) is 10.6 Å². The lowest BCUT2D eigenvalue weighted by molar-refractivity contribution is 0.619. The molecule has 1 N–H and O–H groups in total. The topological polar surface area (TPSA) is 48.7 Å². The molecule has 0 aliphatic carbocycles. The predicted molar refractivity (Wildman–Crippen MR) is 113 cm³/mol. The molecule has 3 nitrogen and oxygen atoms in total. The fourth-order valence-electron chi connectivity index (χ4n) is 2.86. The molecule has 4 rings (SSSR count). The summed E-state index contributed by atoms with van der Waals surface area (Å²) >= 11 is 1.41. The first-order valence-electron chi connectivity index (χ1n) is 8.72. The number of aryl methyl sites for hydroxylation is 1. The molecule has 28 heavy (non-hydrogen) atoms. The van der Waals surface area contributed by atoms with Crippen LogP contribution in [0.4, 0.5) is 10.1 Å². The van der Waals surface area contributed by atoms with Crippen LogP contribution in [0.25, 0.3) is 27.6 Å². The molecule has 0 aliphatic heterocycles. The van der Waals surface area contributed by atoms with E-state index in [4.69, 9.17) is 0 Å². The second-order valence-corrected chi connectivity index (χ2v) is 7.24. The molecular formula is C23H16FN3S. The van der Waals surface area contributed by atoms with Crippen molar-refractivity contribution in [1.29, 1.82) is 5.26 Å². The Bertz CT molecular complexity index is 1230. The van der Waals surface area contributed by atoms with Crippen molar-refractivity contribution < 1.29 is 4.39 Å². The van der Waals surface area contributed by atoms with Gasteiger partial charge in [-0.2, -0.15) is 5.26 Å². The number of nitrogens with one attached hydrogen (secondary N) is 1. The number of halogens is 1. The van der Waals surface area contributed by atoms with Gasteiger partial charge in [-0.3, -0.25) is 0 Å². The van der Waals surface area contributed by atoms with Crippen molar-refractivity contribution >= 4 is 33.4 Å². The number of allylic oxidation sites excluding steroid dienone is 1. The minimum atomic E-state index is -0.287. The second-order valence-electron chi connectivity index (χ2n) is 6.38. The first-order valence-corrected chi connectivity index (χ1v) is 9.60. The fraction of sp³-hybridized carbons (Fsp3) is 0.0435. The van der Waals surface area contributed by atoms with Crippen LogP contribution in [0.15, 0.2) is 72.2 Å². The van der Waals surface area contributed by atoms with Crippen LogP contribution in [-0.4, -0.2) is 4.98 Å². The van der Waals surface area contributed by atoms with E-state index in [1.807, 2.05) is 23.6 Å². The molecule has 4 aromatic rings. The minimum Gasteiger partial charge on any atom is -0.360 e. The highest BCUT2D eigenvalue weighted by molar-refractivity contribution is 7.11. The van der Waals surface area contributed by atoms with Crippen LogP contribution in [-0.2, 0) is 0 Å². The third-order valence-electron chi connectivity index (χ3n) is 4.46. The van der Waals surface area contributed by atoms with Gasteiger partial charge in [-0.05, 0) is 41.5 Å². The Hall–Kier alpha value is -3.49. The number of thiazole rings is 1. The molecule has 0 amide bonds. The maximum absolute atomic E-state index is 13.7. The van der Waals surface area contributed by atoms with E-state index in [9.17, 15) is 9.65 Å². The highest BCUT2D eigenvalue weighted by Gasteiger charge is 2.10. The van der Waals surface area contributed by atoms with Crippen LogP contribution in [0.2, 0.25) is 0 Å². The Morgan fingerprint density at radius 1 is 1.11 bits per heavy atom. The average molecular weight is 385 g/mol. The molecule has 1 aromatic heterocycles. The molecule has 0 bridgehead atoms. The summed E-state index contributed by atoms with van der Waals surface area (Å²) in [5, 5.41) is 17.4. The molecular weight excluding hydrogens is 369 g/mol. The summed E-state index contributed by atoms with van der Waals surface area (Å²) in [6, 6.07) is 21.4. The standard InChI is InChI=1S/C23H16FN3S/c1-15-6-9-20(11-21(15)24)26-13-19(12-25)23-27-22(14-28-23)18-8-7-16-4-2-3-5-17(16)10-18/h2-11,13-14,26H,1H3/b19-13-. The maximum atomic E-state index is 13.7. The average Bonchev–Trinajstić information content (AvgIpc) is 3.21. The number of anilines is 1. The SMILES string of the molecule is Cc1ccc(N/C=C(/C#N)c2nc(-c3ccc4ccccc4c3)cs2)cc1F. The number of aromatic nitrogens is 1. The van der Waals surface area contributed by atoms with Gasteiger partial charge in [-0.1, -0.05) is 42.5 Å². The molecule has 0 radical (unpaired) electrons. The second kappa shape index (κ2) is 7.63. The Labute approximate surface area is 166 Å². The van der Waals surface area contributed by atoms with E-state index in [0.717, 1.165) is 16.6 Å². The molecule has 0 atom stereocenters. The van der Waals surface area contributed by atoms with Crippen molar-refractivity contribution in [3.8, 4) is 17.3 Å². The van der Waals surface area contributed by atoms with Gasteiger partial charge in [0, 0.05) is 22.8 Å². The van der Waals surface area contributed by atoms with Gasteiger partial charge < -0.3 is 5.32 Å². The lowest BCUT2D eigenvalue weighted by Crippen LogP contribution is -1.93. The van der Waals surface area contributed by atoms with Crippen molar-refractivity contribution in [2.45, 2.75) is 6.92 Å².